The van der Waals surface area contributed by atoms with Crippen LogP contribution >= 0.6 is 0 Å². The van der Waals surface area contributed by atoms with Crippen LogP contribution in [0.1, 0.15) is 46.1 Å². The fourth-order valence-corrected chi connectivity index (χ4v) is 2.23. The Balaban J connectivity index is 2.53. The Morgan fingerprint density at radius 3 is 2.14 bits per heavy atom. The third-order valence-electron chi connectivity index (χ3n) is 3.48. The van der Waals surface area contributed by atoms with Crippen LogP contribution in [0.25, 0.3) is 0 Å². The number of anilines is 1. The van der Waals surface area contributed by atoms with E-state index in [1.807, 2.05) is 6.92 Å². The zero-order chi connectivity index (χ0) is 22.2. The maximum Gasteiger partial charge on any atom is 0.416 e. The summed E-state index contributed by atoms with van der Waals surface area (Å²) >= 11 is 0. The van der Waals surface area contributed by atoms with Gasteiger partial charge >= 0.3 is 18.2 Å². The van der Waals surface area contributed by atoms with Crippen LogP contribution in [-0.4, -0.2) is 36.1 Å². The standard InChI is InChI=1S/C19H26F3N3O4/c1-5-6-14(16(27)29-18(2,3)4)25-15(26)11-23-17(28)24-13-9-7-12(8-10-13)19(20,21)22/h7-10,14H,5-6,11H2,1-4H3,(H,25,26)(H2,23,24,28). The average molecular weight is 417 g/mol. The molecular formula is C19H26F3N3O4. The molecule has 0 saturated carbocycles. The molecule has 0 aliphatic heterocycles. The van der Waals surface area contributed by atoms with Crippen molar-refractivity contribution in [2.24, 2.45) is 0 Å². The van der Waals surface area contributed by atoms with Gasteiger partial charge in [0.25, 0.3) is 0 Å². The molecule has 0 aliphatic rings. The van der Waals surface area contributed by atoms with Crippen LogP contribution in [0.5, 0.6) is 0 Å². The third kappa shape index (κ3) is 9.31. The van der Waals surface area contributed by atoms with Gasteiger partial charge in [-0.25, -0.2) is 9.59 Å². The summed E-state index contributed by atoms with van der Waals surface area (Å²) in [4.78, 5) is 36.0. The lowest BCUT2D eigenvalue weighted by Gasteiger charge is -2.24. The number of halogens is 3. The summed E-state index contributed by atoms with van der Waals surface area (Å²) in [5.74, 6) is -1.17. The molecule has 29 heavy (non-hydrogen) atoms. The fourth-order valence-electron chi connectivity index (χ4n) is 2.23. The number of hydrogen-bond donors (Lipinski definition) is 3. The minimum Gasteiger partial charge on any atom is -0.458 e. The summed E-state index contributed by atoms with van der Waals surface area (Å²) in [6.07, 6.45) is -3.47. The van der Waals surface area contributed by atoms with Crippen LogP contribution in [0.3, 0.4) is 0 Å². The number of amides is 3. The molecular weight excluding hydrogens is 391 g/mol. The van der Waals surface area contributed by atoms with Crippen molar-refractivity contribution in [3.63, 3.8) is 0 Å². The van der Waals surface area contributed by atoms with Crippen molar-refractivity contribution in [2.75, 3.05) is 11.9 Å². The van der Waals surface area contributed by atoms with Crippen LogP contribution in [0, 0.1) is 0 Å². The molecule has 0 spiro atoms. The average Bonchev–Trinajstić information content (AvgIpc) is 2.58. The highest BCUT2D eigenvalue weighted by Gasteiger charge is 2.30. The summed E-state index contributed by atoms with van der Waals surface area (Å²) in [6.45, 7) is 6.56. The molecule has 1 rings (SSSR count). The number of hydrogen-bond acceptors (Lipinski definition) is 4. The molecule has 0 bridgehead atoms. The van der Waals surface area contributed by atoms with Gasteiger partial charge in [0.05, 0.1) is 12.1 Å². The molecule has 1 aromatic rings. The Bertz CT molecular complexity index is 713. The van der Waals surface area contributed by atoms with E-state index in [1.54, 1.807) is 20.8 Å². The highest BCUT2D eigenvalue weighted by atomic mass is 19.4. The molecule has 0 aromatic heterocycles. The summed E-state index contributed by atoms with van der Waals surface area (Å²) < 4.78 is 42.8. The maximum absolute atomic E-state index is 12.5. The van der Waals surface area contributed by atoms with Crippen molar-refractivity contribution in [3.05, 3.63) is 29.8 Å². The van der Waals surface area contributed by atoms with Gasteiger partial charge in [-0.2, -0.15) is 13.2 Å². The molecule has 3 N–H and O–H groups in total. The first-order valence-corrected chi connectivity index (χ1v) is 9.06. The van der Waals surface area contributed by atoms with Gasteiger partial charge in [-0.05, 0) is 51.5 Å². The Hall–Kier alpha value is -2.78. The number of alkyl halides is 3. The lowest BCUT2D eigenvalue weighted by Crippen LogP contribution is -2.47. The molecule has 1 aromatic carbocycles. The van der Waals surface area contributed by atoms with Gasteiger partial charge in [0.15, 0.2) is 0 Å². The summed E-state index contributed by atoms with van der Waals surface area (Å²) in [7, 11) is 0. The van der Waals surface area contributed by atoms with Crippen molar-refractivity contribution in [1.82, 2.24) is 10.6 Å². The number of urea groups is 1. The molecule has 1 unspecified atom stereocenters. The van der Waals surface area contributed by atoms with E-state index in [0.717, 1.165) is 24.3 Å². The highest BCUT2D eigenvalue weighted by molar-refractivity contribution is 5.93. The van der Waals surface area contributed by atoms with Gasteiger partial charge < -0.3 is 20.7 Å². The Morgan fingerprint density at radius 1 is 1.07 bits per heavy atom. The Labute approximate surface area is 167 Å². The van der Waals surface area contributed by atoms with E-state index in [-0.39, 0.29) is 5.69 Å². The van der Waals surface area contributed by atoms with Crippen LogP contribution in [0.15, 0.2) is 24.3 Å². The van der Waals surface area contributed by atoms with Gasteiger partial charge in [0.1, 0.15) is 11.6 Å². The van der Waals surface area contributed by atoms with Gasteiger partial charge in [0, 0.05) is 5.69 Å². The molecule has 0 aliphatic carbocycles. The topological polar surface area (TPSA) is 96.5 Å². The Kier molecular flexibility index (Phi) is 8.47. The first-order valence-electron chi connectivity index (χ1n) is 9.06. The van der Waals surface area contributed by atoms with Crippen molar-refractivity contribution >= 4 is 23.6 Å². The number of benzene rings is 1. The van der Waals surface area contributed by atoms with E-state index in [4.69, 9.17) is 4.74 Å². The molecule has 0 heterocycles. The largest absolute Gasteiger partial charge is 0.458 e. The zero-order valence-electron chi connectivity index (χ0n) is 16.8. The molecule has 0 radical (unpaired) electrons. The van der Waals surface area contributed by atoms with Crippen molar-refractivity contribution in [3.8, 4) is 0 Å². The fraction of sp³-hybridized carbons (Fsp3) is 0.526. The number of esters is 1. The second-order valence-electron chi connectivity index (χ2n) is 7.33. The summed E-state index contributed by atoms with van der Waals surface area (Å²) in [5.41, 5.74) is -1.41. The normalized spacial score (nSPS) is 12.7. The van der Waals surface area contributed by atoms with E-state index >= 15 is 0 Å². The smallest absolute Gasteiger partial charge is 0.416 e. The molecule has 7 nitrogen and oxygen atoms in total. The SMILES string of the molecule is CCCC(NC(=O)CNC(=O)Nc1ccc(C(F)(F)F)cc1)C(=O)OC(C)(C)C. The van der Waals surface area contributed by atoms with E-state index in [9.17, 15) is 27.6 Å². The van der Waals surface area contributed by atoms with E-state index < -0.39 is 47.8 Å². The predicted molar refractivity (Wildman–Crippen MR) is 101 cm³/mol. The third-order valence-corrected chi connectivity index (χ3v) is 3.48. The highest BCUT2D eigenvalue weighted by Crippen LogP contribution is 2.29. The Morgan fingerprint density at radius 2 is 1.66 bits per heavy atom. The number of rotatable bonds is 7. The lowest BCUT2D eigenvalue weighted by atomic mass is 10.1. The van der Waals surface area contributed by atoms with Crippen LogP contribution in [0.4, 0.5) is 23.7 Å². The monoisotopic (exact) mass is 417 g/mol. The van der Waals surface area contributed by atoms with E-state index in [0.29, 0.717) is 12.8 Å². The predicted octanol–water partition coefficient (Wildman–Crippen LogP) is 3.45. The van der Waals surface area contributed by atoms with Crippen molar-refractivity contribution < 1.29 is 32.3 Å². The molecule has 3 amide bonds. The second-order valence-corrected chi connectivity index (χ2v) is 7.33. The minimum absolute atomic E-state index is 0.133. The molecule has 1 atom stereocenters. The van der Waals surface area contributed by atoms with Gasteiger partial charge in [0.2, 0.25) is 5.91 Å². The molecule has 0 saturated heterocycles. The number of nitrogens with one attached hydrogen (secondary N) is 3. The van der Waals surface area contributed by atoms with Gasteiger partial charge in [-0.1, -0.05) is 13.3 Å². The van der Waals surface area contributed by atoms with E-state index in [2.05, 4.69) is 16.0 Å². The molecule has 0 fully saturated rings. The summed E-state index contributed by atoms with van der Waals surface area (Å²) in [6, 6.07) is 2.25. The number of carbonyl (C=O) groups is 3. The lowest BCUT2D eigenvalue weighted by molar-refractivity contribution is -0.158. The zero-order valence-corrected chi connectivity index (χ0v) is 16.8. The molecule has 162 valence electrons. The molecule has 10 heteroatoms. The first kappa shape index (κ1) is 24.3. The second kappa shape index (κ2) is 10.1. The van der Waals surface area contributed by atoms with E-state index in [1.165, 1.54) is 0 Å². The van der Waals surface area contributed by atoms with Gasteiger partial charge in [-0.15, -0.1) is 0 Å². The minimum atomic E-state index is -4.47. The quantitative estimate of drug-likeness (QED) is 0.592. The van der Waals surface area contributed by atoms with Gasteiger partial charge in [-0.3, -0.25) is 4.79 Å². The van der Waals surface area contributed by atoms with Crippen LogP contribution < -0.4 is 16.0 Å². The maximum atomic E-state index is 12.5. The number of carbonyl (C=O) groups excluding carboxylic acids is 3. The van der Waals surface area contributed by atoms with Crippen molar-refractivity contribution in [1.29, 1.82) is 0 Å². The van der Waals surface area contributed by atoms with Crippen LogP contribution in [-0.2, 0) is 20.5 Å². The van der Waals surface area contributed by atoms with Crippen molar-refractivity contribution in [2.45, 2.75) is 58.4 Å². The summed E-state index contributed by atoms with van der Waals surface area (Å²) in [5, 5.41) is 7.10. The van der Waals surface area contributed by atoms with Crippen LogP contribution in [0.2, 0.25) is 0 Å². The first-order chi connectivity index (χ1) is 13.3. The number of ether oxygens (including phenoxy) is 1.